The van der Waals surface area contributed by atoms with Crippen LogP contribution in [0.4, 0.5) is 8.78 Å². The van der Waals surface area contributed by atoms with Crippen LogP contribution in [0, 0.1) is 11.6 Å². The zero-order valence-electron chi connectivity index (χ0n) is 10.5. The molecule has 104 valence electrons. The van der Waals surface area contributed by atoms with Crippen LogP contribution in [-0.2, 0) is 11.3 Å². The molecule has 4 nitrogen and oxygen atoms in total. The highest BCUT2D eigenvalue weighted by atomic mass is 19.2. The van der Waals surface area contributed by atoms with Gasteiger partial charge in [0, 0.05) is 32.7 Å². The smallest absolute Gasteiger partial charge is 0.317 e. The number of hydrogen-bond donors (Lipinski definition) is 1. The van der Waals surface area contributed by atoms with E-state index in [1.165, 1.54) is 6.07 Å². The average Bonchev–Trinajstić information content (AvgIpc) is 2.36. The first kappa shape index (κ1) is 13.9. The minimum Gasteiger partial charge on any atom is -0.480 e. The maximum atomic E-state index is 13.1. The van der Waals surface area contributed by atoms with Gasteiger partial charge in [0.15, 0.2) is 11.6 Å². The Kier molecular flexibility index (Phi) is 4.44. The molecular weight excluding hydrogens is 254 g/mol. The molecule has 1 N–H and O–H groups in total. The Morgan fingerprint density at radius 1 is 1.11 bits per heavy atom. The molecule has 0 saturated carbocycles. The minimum atomic E-state index is -0.838. The number of carboxylic acid groups (broad SMARTS) is 1. The Morgan fingerprint density at radius 3 is 2.32 bits per heavy atom. The van der Waals surface area contributed by atoms with E-state index in [1.807, 2.05) is 4.90 Å². The van der Waals surface area contributed by atoms with Gasteiger partial charge in [-0.3, -0.25) is 14.6 Å². The van der Waals surface area contributed by atoms with E-state index in [9.17, 15) is 13.6 Å². The third-order valence-corrected chi connectivity index (χ3v) is 3.21. The van der Waals surface area contributed by atoms with Crippen LogP contribution in [0.25, 0.3) is 0 Å². The molecule has 0 amide bonds. The fourth-order valence-corrected chi connectivity index (χ4v) is 2.19. The lowest BCUT2D eigenvalue weighted by molar-refractivity contribution is -0.138. The topological polar surface area (TPSA) is 43.8 Å². The molecule has 0 bridgehead atoms. The van der Waals surface area contributed by atoms with Gasteiger partial charge in [0.05, 0.1) is 6.54 Å². The van der Waals surface area contributed by atoms with E-state index in [2.05, 4.69) is 4.90 Å². The molecule has 1 saturated heterocycles. The zero-order chi connectivity index (χ0) is 13.8. The standard InChI is InChI=1S/C13H16F2N2O2/c14-11-2-1-10(7-12(11)15)8-16-3-5-17(6-4-16)9-13(18)19/h1-2,7H,3-6,8-9H2,(H,18,19). The summed E-state index contributed by atoms with van der Waals surface area (Å²) in [6.07, 6.45) is 0. The summed E-state index contributed by atoms with van der Waals surface area (Å²) in [5, 5.41) is 8.69. The first-order chi connectivity index (χ1) is 9.04. The Bertz CT molecular complexity index is 460. The van der Waals surface area contributed by atoms with E-state index in [-0.39, 0.29) is 6.54 Å². The number of benzene rings is 1. The third kappa shape index (κ3) is 3.97. The number of carboxylic acids is 1. The van der Waals surface area contributed by atoms with Crippen LogP contribution in [0.2, 0.25) is 0 Å². The lowest BCUT2D eigenvalue weighted by atomic mass is 10.2. The number of piperazine rings is 1. The Hall–Kier alpha value is -1.53. The lowest BCUT2D eigenvalue weighted by Crippen LogP contribution is -2.47. The fraction of sp³-hybridized carbons (Fsp3) is 0.462. The van der Waals surface area contributed by atoms with Crippen molar-refractivity contribution in [3.05, 3.63) is 35.4 Å². The van der Waals surface area contributed by atoms with Gasteiger partial charge in [0.1, 0.15) is 0 Å². The molecule has 0 aliphatic carbocycles. The monoisotopic (exact) mass is 270 g/mol. The predicted octanol–water partition coefficient (Wildman–Crippen LogP) is 1.17. The Balaban J connectivity index is 1.85. The van der Waals surface area contributed by atoms with E-state index in [4.69, 9.17) is 5.11 Å². The molecule has 1 aliphatic rings. The van der Waals surface area contributed by atoms with E-state index < -0.39 is 17.6 Å². The Labute approximate surface area is 110 Å². The summed E-state index contributed by atoms with van der Waals surface area (Å²) in [5.41, 5.74) is 0.727. The number of aliphatic carboxylic acids is 1. The molecule has 1 fully saturated rings. The van der Waals surface area contributed by atoms with Crippen molar-refractivity contribution in [2.24, 2.45) is 0 Å². The maximum Gasteiger partial charge on any atom is 0.317 e. The summed E-state index contributed by atoms with van der Waals surface area (Å²) < 4.78 is 25.9. The van der Waals surface area contributed by atoms with Gasteiger partial charge in [-0.1, -0.05) is 6.07 Å². The van der Waals surface area contributed by atoms with E-state index in [0.29, 0.717) is 19.6 Å². The molecule has 0 radical (unpaired) electrons. The molecular formula is C13H16F2N2O2. The zero-order valence-corrected chi connectivity index (χ0v) is 10.5. The second kappa shape index (κ2) is 6.08. The lowest BCUT2D eigenvalue weighted by Gasteiger charge is -2.33. The summed E-state index contributed by atoms with van der Waals surface area (Å²) >= 11 is 0. The van der Waals surface area contributed by atoms with Crippen LogP contribution >= 0.6 is 0 Å². The largest absolute Gasteiger partial charge is 0.480 e. The van der Waals surface area contributed by atoms with Crippen LogP contribution in [0.5, 0.6) is 0 Å². The summed E-state index contributed by atoms with van der Waals surface area (Å²) in [5.74, 6) is -2.49. The third-order valence-electron chi connectivity index (χ3n) is 3.21. The first-order valence-corrected chi connectivity index (χ1v) is 6.15. The van der Waals surface area contributed by atoms with E-state index in [0.717, 1.165) is 24.7 Å². The molecule has 0 spiro atoms. The van der Waals surface area contributed by atoms with Crippen molar-refractivity contribution >= 4 is 5.97 Å². The first-order valence-electron chi connectivity index (χ1n) is 6.15. The van der Waals surface area contributed by atoms with Gasteiger partial charge in [0.2, 0.25) is 0 Å². The van der Waals surface area contributed by atoms with Gasteiger partial charge in [-0.05, 0) is 17.7 Å². The van der Waals surface area contributed by atoms with Crippen LogP contribution in [0.15, 0.2) is 18.2 Å². The van der Waals surface area contributed by atoms with Crippen LogP contribution in [-0.4, -0.2) is 53.6 Å². The molecule has 0 aromatic heterocycles. The second-order valence-electron chi connectivity index (χ2n) is 4.69. The van der Waals surface area contributed by atoms with Gasteiger partial charge >= 0.3 is 5.97 Å². The second-order valence-corrected chi connectivity index (χ2v) is 4.69. The molecule has 0 unspecified atom stereocenters. The molecule has 6 heteroatoms. The molecule has 1 aromatic carbocycles. The van der Waals surface area contributed by atoms with Gasteiger partial charge in [-0.15, -0.1) is 0 Å². The van der Waals surface area contributed by atoms with Crippen molar-refractivity contribution in [2.75, 3.05) is 32.7 Å². The van der Waals surface area contributed by atoms with Crippen molar-refractivity contribution < 1.29 is 18.7 Å². The maximum absolute atomic E-state index is 13.1. The van der Waals surface area contributed by atoms with Crippen molar-refractivity contribution in [1.82, 2.24) is 9.80 Å². The molecule has 2 rings (SSSR count). The summed E-state index contributed by atoms with van der Waals surface area (Å²) in [6.45, 7) is 3.42. The van der Waals surface area contributed by atoms with Gasteiger partial charge in [-0.2, -0.15) is 0 Å². The number of rotatable bonds is 4. The highest BCUT2D eigenvalue weighted by Gasteiger charge is 2.18. The SMILES string of the molecule is O=C(O)CN1CCN(Cc2ccc(F)c(F)c2)CC1. The van der Waals surface area contributed by atoms with E-state index >= 15 is 0 Å². The number of hydrogen-bond acceptors (Lipinski definition) is 3. The predicted molar refractivity (Wildman–Crippen MR) is 65.7 cm³/mol. The molecule has 1 aromatic rings. The summed E-state index contributed by atoms with van der Waals surface area (Å²) in [6, 6.07) is 3.91. The van der Waals surface area contributed by atoms with Crippen molar-refractivity contribution in [1.29, 1.82) is 0 Å². The Morgan fingerprint density at radius 2 is 1.74 bits per heavy atom. The number of halogens is 2. The normalized spacial score (nSPS) is 17.6. The fourth-order valence-electron chi connectivity index (χ4n) is 2.19. The molecule has 0 atom stereocenters. The highest BCUT2D eigenvalue weighted by Crippen LogP contribution is 2.12. The van der Waals surface area contributed by atoms with Gasteiger partial charge in [0.25, 0.3) is 0 Å². The van der Waals surface area contributed by atoms with Crippen molar-refractivity contribution in [3.63, 3.8) is 0 Å². The summed E-state index contributed by atoms with van der Waals surface area (Å²) in [7, 11) is 0. The minimum absolute atomic E-state index is 0.0546. The molecule has 1 heterocycles. The van der Waals surface area contributed by atoms with Crippen LogP contribution < -0.4 is 0 Å². The average molecular weight is 270 g/mol. The quantitative estimate of drug-likeness (QED) is 0.892. The summed E-state index contributed by atoms with van der Waals surface area (Å²) in [4.78, 5) is 14.5. The number of carbonyl (C=O) groups is 1. The van der Waals surface area contributed by atoms with Crippen molar-refractivity contribution in [2.45, 2.75) is 6.54 Å². The molecule has 1 aliphatic heterocycles. The van der Waals surface area contributed by atoms with E-state index in [1.54, 1.807) is 6.07 Å². The van der Waals surface area contributed by atoms with Crippen LogP contribution in [0.3, 0.4) is 0 Å². The highest BCUT2D eigenvalue weighted by molar-refractivity contribution is 5.69. The number of nitrogens with zero attached hydrogens (tertiary/aromatic N) is 2. The van der Waals surface area contributed by atoms with Gasteiger partial charge < -0.3 is 5.11 Å². The van der Waals surface area contributed by atoms with Crippen molar-refractivity contribution in [3.8, 4) is 0 Å². The molecule has 19 heavy (non-hydrogen) atoms. The van der Waals surface area contributed by atoms with Crippen LogP contribution in [0.1, 0.15) is 5.56 Å². The van der Waals surface area contributed by atoms with Gasteiger partial charge in [-0.25, -0.2) is 8.78 Å².